The summed E-state index contributed by atoms with van der Waals surface area (Å²) < 4.78 is 44.3. The van der Waals surface area contributed by atoms with Crippen LogP contribution < -0.4 is 4.31 Å². The van der Waals surface area contributed by atoms with Gasteiger partial charge < -0.3 is 0 Å². The Hall–Kier alpha value is -3.26. The van der Waals surface area contributed by atoms with E-state index in [2.05, 4.69) is 10.2 Å². The van der Waals surface area contributed by atoms with E-state index in [0.717, 1.165) is 5.56 Å². The van der Waals surface area contributed by atoms with Crippen LogP contribution in [0.3, 0.4) is 0 Å². The van der Waals surface area contributed by atoms with E-state index in [0.29, 0.717) is 23.5 Å². The summed E-state index contributed by atoms with van der Waals surface area (Å²) in [5.74, 6) is 0.260. The van der Waals surface area contributed by atoms with Gasteiger partial charge in [-0.1, -0.05) is 31.2 Å². The van der Waals surface area contributed by atoms with Crippen molar-refractivity contribution in [3.05, 3.63) is 89.6 Å². The van der Waals surface area contributed by atoms with E-state index in [1.54, 1.807) is 47.0 Å². The largest absolute Gasteiger partial charge is 0.285 e. The van der Waals surface area contributed by atoms with Crippen LogP contribution in [0.4, 0.5) is 10.1 Å². The van der Waals surface area contributed by atoms with Crippen molar-refractivity contribution in [2.75, 3.05) is 4.31 Å². The Bertz CT molecular complexity index is 1320. The molecule has 6 nitrogen and oxygen atoms in total. The van der Waals surface area contributed by atoms with E-state index in [9.17, 15) is 12.8 Å². The molecule has 4 aromatic rings. The van der Waals surface area contributed by atoms with Gasteiger partial charge in [0.2, 0.25) is 0 Å². The number of fused-ring (bicyclic) bond motifs is 1. The Morgan fingerprint density at radius 3 is 2.57 bits per heavy atom. The van der Waals surface area contributed by atoms with Gasteiger partial charge in [-0.2, -0.15) is 0 Å². The smallest absolute Gasteiger partial charge is 0.268 e. The lowest BCUT2D eigenvalue weighted by molar-refractivity contribution is 0.590. The lowest BCUT2D eigenvalue weighted by atomic mass is 10.2. The van der Waals surface area contributed by atoms with Gasteiger partial charge in [-0.25, -0.2) is 12.8 Å². The van der Waals surface area contributed by atoms with Crippen molar-refractivity contribution in [1.82, 2.24) is 14.6 Å². The second-order valence-corrected chi connectivity index (χ2v) is 8.85. The summed E-state index contributed by atoms with van der Waals surface area (Å²) in [7, 11) is -4.02. The van der Waals surface area contributed by atoms with Gasteiger partial charge in [0.15, 0.2) is 5.65 Å². The van der Waals surface area contributed by atoms with Gasteiger partial charge in [-0.15, -0.1) is 10.2 Å². The number of anilines is 1. The highest BCUT2D eigenvalue weighted by Gasteiger charge is 2.29. The fraction of sp³-hybridized carbons (Fsp3) is 0.182. The zero-order chi connectivity index (χ0) is 21.3. The quantitative estimate of drug-likeness (QED) is 0.467. The Labute approximate surface area is 174 Å². The fourth-order valence-electron chi connectivity index (χ4n) is 3.40. The van der Waals surface area contributed by atoms with Crippen LogP contribution in [-0.4, -0.2) is 23.0 Å². The maximum Gasteiger partial charge on any atom is 0.268 e. The first-order valence-electron chi connectivity index (χ1n) is 9.56. The molecule has 0 aliphatic heterocycles. The van der Waals surface area contributed by atoms with Crippen LogP contribution in [0, 0.1) is 12.7 Å². The molecule has 0 bridgehead atoms. The van der Waals surface area contributed by atoms with Gasteiger partial charge in [-0.3, -0.25) is 8.71 Å². The summed E-state index contributed by atoms with van der Waals surface area (Å²) in [5.41, 5.74) is 2.23. The third kappa shape index (κ3) is 3.66. The number of hydrogen-bond donors (Lipinski definition) is 0. The van der Waals surface area contributed by atoms with Crippen LogP contribution in [-0.2, 0) is 23.0 Å². The van der Waals surface area contributed by atoms with Gasteiger partial charge >= 0.3 is 0 Å². The summed E-state index contributed by atoms with van der Waals surface area (Å²) in [5, 5.41) is 8.23. The molecule has 0 N–H and O–H groups in total. The minimum atomic E-state index is -4.02. The van der Waals surface area contributed by atoms with Crippen LogP contribution in [0.1, 0.15) is 23.9 Å². The first kappa shape index (κ1) is 20.0. The van der Waals surface area contributed by atoms with Crippen LogP contribution in [0.15, 0.2) is 71.8 Å². The second-order valence-electron chi connectivity index (χ2n) is 7.02. The molecule has 0 fully saturated rings. The molecule has 0 unspecified atom stereocenters. The van der Waals surface area contributed by atoms with E-state index in [1.807, 2.05) is 19.9 Å². The number of nitrogens with zero attached hydrogens (tertiary/aromatic N) is 4. The first-order chi connectivity index (χ1) is 14.4. The van der Waals surface area contributed by atoms with Crippen molar-refractivity contribution in [1.29, 1.82) is 0 Å². The predicted octanol–water partition coefficient (Wildman–Crippen LogP) is 4.13. The Balaban J connectivity index is 1.88. The molecule has 0 saturated heterocycles. The summed E-state index contributed by atoms with van der Waals surface area (Å²) in [6.45, 7) is 3.81. The summed E-state index contributed by atoms with van der Waals surface area (Å²) in [6, 6.07) is 16.3. The standard InChI is InChI=1S/C22H21FN4O2S/c1-3-21-24-25-22-20(11-6-12-26(21)22)30(28,29)27(19-10-4-7-16(2)13-19)15-17-8-5-9-18(23)14-17/h4-14H,3,15H2,1-2H3. The number of halogens is 1. The molecule has 4 rings (SSSR count). The molecule has 2 aromatic carbocycles. The summed E-state index contributed by atoms with van der Waals surface area (Å²) in [4.78, 5) is 0.0510. The van der Waals surface area contributed by atoms with Gasteiger partial charge in [-0.05, 0) is 54.4 Å². The molecule has 0 aliphatic carbocycles. The Kier molecular flexibility index (Phi) is 5.26. The molecule has 0 amide bonds. The highest BCUT2D eigenvalue weighted by molar-refractivity contribution is 7.93. The van der Waals surface area contributed by atoms with Crippen molar-refractivity contribution in [2.45, 2.75) is 31.7 Å². The van der Waals surface area contributed by atoms with E-state index in [4.69, 9.17) is 0 Å². The number of pyridine rings is 1. The molecular weight excluding hydrogens is 403 g/mol. The minimum Gasteiger partial charge on any atom is -0.285 e. The minimum absolute atomic E-state index is 0.0145. The number of aromatic nitrogens is 3. The zero-order valence-electron chi connectivity index (χ0n) is 16.7. The average Bonchev–Trinajstić information content (AvgIpc) is 3.15. The highest BCUT2D eigenvalue weighted by atomic mass is 32.2. The van der Waals surface area contributed by atoms with Crippen molar-refractivity contribution in [3.8, 4) is 0 Å². The first-order valence-corrected chi connectivity index (χ1v) is 11.0. The lowest BCUT2D eigenvalue weighted by Crippen LogP contribution is -2.31. The third-order valence-electron chi connectivity index (χ3n) is 4.86. The third-order valence-corrected chi connectivity index (χ3v) is 6.65. The lowest BCUT2D eigenvalue weighted by Gasteiger charge is -2.25. The van der Waals surface area contributed by atoms with Gasteiger partial charge in [0.05, 0.1) is 12.2 Å². The molecule has 0 radical (unpaired) electrons. The highest BCUT2D eigenvalue weighted by Crippen LogP contribution is 2.29. The number of aryl methyl sites for hydroxylation is 2. The molecule has 0 spiro atoms. The van der Waals surface area contributed by atoms with E-state index < -0.39 is 15.8 Å². The number of sulfonamides is 1. The van der Waals surface area contributed by atoms with Crippen molar-refractivity contribution in [3.63, 3.8) is 0 Å². The maximum atomic E-state index is 13.8. The molecule has 2 aromatic heterocycles. The van der Waals surface area contributed by atoms with Crippen molar-refractivity contribution in [2.24, 2.45) is 0 Å². The average molecular weight is 425 g/mol. The van der Waals surface area contributed by atoms with Crippen LogP contribution >= 0.6 is 0 Å². The van der Waals surface area contributed by atoms with Gasteiger partial charge in [0.1, 0.15) is 16.5 Å². The van der Waals surface area contributed by atoms with E-state index in [-0.39, 0.29) is 17.1 Å². The number of rotatable bonds is 6. The van der Waals surface area contributed by atoms with Crippen LogP contribution in [0.25, 0.3) is 5.65 Å². The Morgan fingerprint density at radius 1 is 1.03 bits per heavy atom. The topological polar surface area (TPSA) is 67.6 Å². The van der Waals surface area contributed by atoms with E-state index >= 15 is 0 Å². The molecule has 0 saturated carbocycles. The normalized spacial score (nSPS) is 11.7. The predicted molar refractivity (Wildman–Crippen MR) is 113 cm³/mol. The van der Waals surface area contributed by atoms with Crippen LogP contribution in [0.5, 0.6) is 0 Å². The number of benzene rings is 2. The zero-order valence-corrected chi connectivity index (χ0v) is 17.5. The molecule has 8 heteroatoms. The van der Waals surface area contributed by atoms with Crippen molar-refractivity contribution < 1.29 is 12.8 Å². The van der Waals surface area contributed by atoms with E-state index in [1.165, 1.54) is 22.5 Å². The van der Waals surface area contributed by atoms with Gasteiger partial charge in [0, 0.05) is 12.6 Å². The molecule has 154 valence electrons. The fourth-order valence-corrected chi connectivity index (χ4v) is 4.97. The second kappa shape index (κ2) is 7.87. The monoisotopic (exact) mass is 424 g/mol. The summed E-state index contributed by atoms with van der Waals surface area (Å²) in [6.07, 6.45) is 2.37. The maximum absolute atomic E-state index is 13.8. The molecule has 2 heterocycles. The molecule has 0 aliphatic rings. The van der Waals surface area contributed by atoms with Gasteiger partial charge in [0.25, 0.3) is 10.0 Å². The molecule has 30 heavy (non-hydrogen) atoms. The SMILES string of the molecule is CCc1nnc2c(S(=O)(=O)N(Cc3cccc(F)c3)c3cccc(C)c3)cccn12. The summed E-state index contributed by atoms with van der Waals surface area (Å²) >= 11 is 0. The Morgan fingerprint density at radius 2 is 1.83 bits per heavy atom. The van der Waals surface area contributed by atoms with Crippen LogP contribution in [0.2, 0.25) is 0 Å². The molecular formula is C22H21FN4O2S. The van der Waals surface area contributed by atoms with Crippen molar-refractivity contribution >= 4 is 21.4 Å². The molecule has 0 atom stereocenters. The number of hydrogen-bond acceptors (Lipinski definition) is 4.